The molecule has 0 radical (unpaired) electrons. The van der Waals surface area contributed by atoms with Crippen LogP contribution in [0.1, 0.15) is 35.7 Å². The van der Waals surface area contributed by atoms with Gasteiger partial charge in [-0.1, -0.05) is 13.3 Å². The Morgan fingerprint density at radius 3 is 2.47 bits per heavy atom. The van der Waals surface area contributed by atoms with E-state index in [0.29, 0.717) is 69.3 Å². The zero-order valence-corrected chi connectivity index (χ0v) is 25.1. The van der Waals surface area contributed by atoms with E-state index in [1.165, 1.54) is 43.0 Å². The Balaban J connectivity index is 1.31. The fourth-order valence-corrected chi connectivity index (χ4v) is 5.96. The van der Waals surface area contributed by atoms with Crippen molar-refractivity contribution in [2.75, 3.05) is 41.2 Å². The molecule has 3 aliphatic rings. The molecule has 1 atom stereocenters. The summed E-state index contributed by atoms with van der Waals surface area (Å²) in [6.45, 7) is 1.84. The number of hydrogen-bond acceptors (Lipinski definition) is 11. The number of amides is 1. The van der Waals surface area contributed by atoms with Gasteiger partial charge in [-0.3, -0.25) is 14.2 Å². The molecule has 1 aromatic heterocycles. The summed E-state index contributed by atoms with van der Waals surface area (Å²) in [6.07, 6.45) is 1.99. The molecular formula is C31H30N4O10. The molecule has 3 aliphatic heterocycles. The van der Waals surface area contributed by atoms with Crippen molar-refractivity contribution in [2.45, 2.75) is 26.2 Å². The number of nitrogens with zero attached hydrogens (tertiary/aromatic N) is 4. The van der Waals surface area contributed by atoms with Crippen LogP contribution >= 0.6 is 0 Å². The highest BCUT2D eigenvalue weighted by atomic mass is 16.7. The predicted octanol–water partition coefficient (Wildman–Crippen LogP) is 4.02. The van der Waals surface area contributed by atoms with Gasteiger partial charge in [0.1, 0.15) is 12.8 Å². The summed E-state index contributed by atoms with van der Waals surface area (Å²) in [4.78, 5) is 57.0. The first-order chi connectivity index (χ1) is 21.7. The Bertz CT molecular complexity index is 1890. The monoisotopic (exact) mass is 618 g/mol. The van der Waals surface area contributed by atoms with Crippen molar-refractivity contribution in [3.63, 3.8) is 0 Å². The molecule has 1 amide bonds. The summed E-state index contributed by atoms with van der Waals surface area (Å²) < 4.78 is 28.9. The minimum atomic E-state index is -0.676. The lowest BCUT2D eigenvalue weighted by Gasteiger charge is -2.20. The number of methoxy groups -OCH3 is 2. The first-order valence-electron chi connectivity index (χ1n) is 14.3. The fraction of sp³-hybridized carbons (Fsp3) is 0.355. The van der Waals surface area contributed by atoms with Crippen LogP contribution in [0.25, 0.3) is 22.2 Å². The second kappa shape index (κ2) is 11.6. The number of aliphatic imine (C=N–C) groups is 1. The molecule has 2 aromatic carbocycles. The number of nitro groups is 1. The van der Waals surface area contributed by atoms with Gasteiger partial charge in [0.25, 0.3) is 5.91 Å². The molecule has 234 valence electrons. The highest BCUT2D eigenvalue weighted by molar-refractivity contribution is 6.14. The third-order valence-corrected chi connectivity index (χ3v) is 8.23. The van der Waals surface area contributed by atoms with Crippen molar-refractivity contribution in [2.24, 2.45) is 10.9 Å². The van der Waals surface area contributed by atoms with Crippen LogP contribution in [0.4, 0.5) is 4.79 Å². The topological polar surface area (TPSA) is 161 Å². The van der Waals surface area contributed by atoms with E-state index in [9.17, 15) is 24.5 Å². The average Bonchev–Trinajstić information content (AvgIpc) is 3.74. The van der Waals surface area contributed by atoms with Crippen LogP contribution in [0.3, 0.4) is 0 Å². The molecule has 6 rings (SSSR count). The molecule has 0 fully saturated rings. The second-order valence-electron chi connectivity index (χ2n) is 10.8. The minimum absolute atomic E-state index is 0.0171. The number of carbonyl (C=O) groups excluding carboxylic acids is 2. The number of likely N-dealkylation sites (N-methyl/N-ethyl adjacent to an activating group) is 1. The molecule has 0 saturated heterocycles. The van der Waals surface area contributed by atoms with Gasteiger partial charge in [0.15, 0.2) is 28.4 Å². The van der Waals surface area contributed by atoms with Crippen molar-refractivity contribution in [1.29, 1.82) is 0 Å². The Morgan fingerprint density at radius 2 is 1.80 bits per heavy atom. The Hall–Kier alpha value is -5.40. The zero-order valence-electron chi connectivity index (χ0n) is 25.1. The molecule has 45 heavy (non-hydrogen) atoms. The Kier molecular flexibility index (Phi) is 7.64. The third kappa shape index (κ3) is 4.91. The SMILES string of the molecule is CCCC1C(COC(=O)N(C)CCc2c3n(c4cc(OC)c(OC)cc4c2=O)C(=O)c2cc4c(cc2-3)OCO4)=CN=C1[N+](=O)[O-]. The van der Waals surface area contributed by atoms with E-state index in [-0.39, 0.29) is 48.9 Å². The summed E-state index contributed by atoms with van der Waals surface area (Å²) >= 11 is 0. The van der Waals surface area contributed by atoms with Crippen molar-refractivity contribution in [1.82, 2.24) is 9.47 Å². The van der Waals surface area contributed by atoms with E-state index in [1.54, 1.807) is 18.2 Å². The Labute approximate surface area is 256 Å². The average molecular weight is 619 g/mol. The molecule has 14 heteroatoms. The molecule has 3 aromatic rings. The van der Waals surface area contributed by atoms with Gasteiger partial charge < -0.3 is 38.7 Å². The quantitative estimate of drug-likeness (QED) is 0.198. The van der Waals surface area contributed by atoms with Gasteiger partial charge in [0.05, 0.1) is 42.3 Å². The molecule has 0 saturated carbocycles. The summed E-state index contributed by atoms with van der Waals surface area (Å²) in [5.41, 5.74) is 2.12. The molecule has 0 spiro atoms. The van der Waals surface area contributed by atoms with E-state index >= 15 is 0 Å². The maximum atomic E-state index is 14.1. The van der Waals surface area contributed by atoms with Gasteiger partial charge in [-0.25, -0.2) is 4.79 Å². The Morgan fingerprint density at radius 1 is 1.11 bits per heavy atom. The van der Waals surface area contributed by atoms with Crippen LogP contribution in [0, 0.1) is 16.0 Å². The van der Waals surface area contributed by atoms with Crippen molar-refractivity contribution in [3.05, 3.63) is 67.5 Å². The summed E-state index contributed by atoms with van der Waals surface area (Å²) in [7, 11) is 4.44. The lowest BCUT2D eigenvalue weighted by molar-refractivity contribution is -0.355. The summed E-state index contributed by atoms with van der Waals surface area (Å²) in [5.74, 6) is 0.521. The fourth-order valence-electron chi connectivity index (χ4n) is 5.96. The van der Waals surface area contributed by atoms with Crippen LogP contribution in [-0.4, -0.2) is 73.4 Å². The lowest BCUT2D eigenvalue weighted by Crippen LogP contribution is -2.32. The number of amidine groups is 1. The summed E-state index contributed by atoms with van der Waals surface area (Å²) in [6, 6.07) is 6.42. The highest BCUT2D eigenvalue weighted by Crippen LogP contribution is 2.45. The number of pyridine rings is 1. The first-order valence-corrected chi connectivity index (χ1v) is 14.3. The van der Waals surface area contributed by atoms with E-state index in [0.717, 1.165) is 0 Å². The molecular weight excluding hydrogens is 588 g/mol. The number of benzene rings is 2. The van der Waals surface area contributed by atoms with E-state index in [1.807, 2.05) is 6.92 Å². The van der Waals surface area contributed by atoms with Crippen molar-refractivity contribution in [3.8, 4) is 34.3 Å². The number of hydrogen-bond donors (Lipinski definition) is 0. The normalized spacial score (nSPS) is 15.8. The minimum Gasteiger partial charge on any atom is -0.493 e. The van der Waals surface area contributed by atoms with Gasteiger partial charge in [0.2, 0.25) is 6.79 Å². The second-order valence-corrected chi connectivity index (χ2v) is 10.8. The van der Waals surface area contributed by atoms with Crippen molar-refractivity contribution >= 4 is 28.7 Å². The largest absolute Gasteiger partial charge is 0.493 e. The zero-order chi connectivity index (χ0) is 32.0. The maximum absolute atomic E-state index is 14.1. The predicted molar refractivity (Wildman–Crippen MR) is 161 cm³/mol. The van der Waals surface area contributed by atoms with Crippen LogP contribution in [0.5, 0.6) is 23.0 Å². The van der Waals surface area contributed by atoms with E-state index in [4.69, 9.17) is 23.7 Å². The molecule has 4 heterocycles. The molecule has 0 bridgehead atoms. The van der Waals surface area contributed by atoms with E-state index < -0.39 is 16.9 Å². The molecule has 1 unspecified atom stereocenters. The maximum Gasteiger partial charge on any atom is 0.409 e. The number of rotatable bonds is 9. The third-order valence-electron chi connectivity index (χ3n) is 8.23. The number of fused-ring (bicyclic) bond motifs is 6. The van der Waals surface area contributed by atoms with Crippen LogP contribution in [0.2, 0.25) is 0 Å². The number of aromatic nitrogens is 1. The van der Waals surface area contributed by atoms with Gasteiger partial charge in [-0.05, 0) is 41.0 Å². The molecule has 0 aliphatic carbocycles. The molecule has 0 N–H and O–H groups in total. The van der Waals surface area contributed by atoms with Crippen LogP contribution in [0.15, 0.2) is 45.8 Å². The van der Waals surface area contributed by atoms with E-state index in [2.05, 4.69) is 4.99 Å². The smallest absolute Gasteiger partial charge is 0.409 e. The number of ether oxygens (including phenoxy) is 5. The molecule has 14 nitrogen and oxygen atoms in total. The van der Waals surface area contributed by atoms with Gasteiger partial charge in [-0.2, -0.15) is 0 Å². The van der Waals surface area contributed by atoms with Crippen LogP contribution in [-0.2, 0) is 11.2 Å². The lowest BCUT2D eigenvalue weighted by atomic mass is 9.96. The van der Waals surface area contributed by atoms with Gasteiger partial charge in [0, 0.05) is 36.4 Å². The summed E-state index contributed by atoms with van der Waals surface area (Å²) in [5, 5.41) is 11.6. The first kappa shape index (κ1) is 29.7. The van der Waals surface area contributed by atoms with Crippen LogP contribution < -0.4 is 24.4 Å². The van der Waals surface area contributed by atoms with Gasteiger partial charge >= 0.3 is 11.9 Å². The standard InChI is InChI=1S/C31H30N4O10/c1-5-6-17-16(13-32-29(17)35(39)40)14-43-31(38)33(2)8-7-18-27-19-9-25-26(45-15-44-25)10-20(19)30(37)34(27)22-12-24(42-4)23(41-3)11-21(22)28(18)36/h9-13,17H,5-8,14-15H2,1-4H3. The van der Waals surface area contributed by atoms with Gasteiger partial charge in [-0.15, -0.1) is 0 Å². The highest BCUT2D eigenvalue weighted by Gasteiger charge is 2.36. The number of carbonyl (C=O) groups is 2. The van der Waals surface area contributed by atoms with Crippen molar-refractivity contribution < 1.29 is 38.2 Å².